The molecule has 1 atom stereocenters. The van der Waals surface area contributed by atoms with Gasteiger partial charge in [-0.2, -0.15) is 0 Å². The fraction of sp³-hybridized carbons (Fsp3) is 0.240. The molecule has 0 saturated heterocycles. The summed E-state index contributed by atoms with van der Waals surface area (Å²) in [6, 6.07) is 20.4. The second-order valence-electron chi connectivity index (χ2n) is 7.56. The van der Waals surface area contributed by atoms with Crippen molar-refractivity contribution >= 4 is 37.5 Å². The molecule has 0 aliphatic rings. The molecule has 0 radical (unpaired) electrons. The van der Waals surface area contributed by atoms with Crippen molar-refractivity contribution < 1.29 is 17.9 Å². The standard InChI is InChI=1S/C25H27BrN2O4S/c1-4-23(19-10-15-24(32-3)18(2)16-19)27-25(29)17-28(21-13-11-20(26)12-14-21)33(30,31)22-8-6-5-7-9-22/h5-16,23H,4,17H2,1-3H3,(H,27,29)/t23-/m1/s1. The van der Waals surface area contributed by atoms with Gasteiger partial charge in [0, 0.05) is 4.47 Å². The summed E-state index contributed by atoms with van der Waals surface area (Å²) < 4.78 is 34.1. The molecule has 3 rings (SSSR count). The maximum Gasteiger partial charge on any atom is 0.264 e. The van der Waals surface area contributed by atoms with E-state index in [-0.39, 0.29) is 17.5 Å². The maximum atomic E-state index is 13.4. The van der Waals surface area contributed by atoms with Gasteiger partial charge < -0.3 is 10.1 Å². The quantitative estimate of drug-likeness (QED) is 0.411. The van der Waals surface area contributed by atoms with E-state index in [0.29, 0.717) is 12.1 Å². The highest BCUT2D eigenvalue weighted by molar-refractivity contribution is 9.10. The Morgan fingerprint density at radius 2 is 1.73 bits per heavy atom. The third-order valence-electron chi connectivity index (χ3n) is 5.30. The minimum absolute atomic E-state index is 0.124. The number of methoxy groups -OCH3 is 1. The second kappa shape index (κ2) is 10.9. The van der Waals surface area contributed by atoms with Crippen LogP contribution >= 0.6 is 15.9 Å². The number of nitrogens with zero attached hydrogens (tertiary/aromatic N) is 1. The molecule has 0 aliphatic heterocycles. The summed E-state index contributed by atoms with van der Waals surface area (Å²) >= 11 is 3.37. The number of hydrogen-bond acceptors (Lipinski definition) is 4. The molecular weight excluding hydrogens is 504 g/mol. The molecule has 0 aliphatic carbocycles. The number of benzene rings is 3. The Hall–Kier alpha value is -2.84. The monoisotopic (exact) mass is 530 g/mol. The van der Waals surface area contributed by atoms with Crippen LogP contribution in [0, 0.1) is 6.92 Å². The van der Waals surface area contributed by atoms with Gasteiger partial charge in [0.05, 0.1) is 23.7 Å². The number of halogens is 1. The molecular formula is C25H27BrN2O4S. The topological polar surface area (TPSA) is 75.7 Å². The average molecular weight is 531 g/mol. The van der Waals surface area contributed by atoms with Crippen LogP contribution in [0.15, 0.2) is 82.2 Å². The Labute approximate surface area is 203 Å². The zero-order valence-corrected chi connectivity index (χ0v) is 21.2. The van der Waals surface area contributed by atoms with Gasteiger partial charge in [0.1, 0.15) is 12.3 Å². The summed E-state index contributed by atoms with van der Waals surface area (Å²) in [7, 11) is -2.33. The van der Waals surface area contributed by atoms with Gasteiger partial charge in [-0.05, 0) is 66.9 Å². The summed E-state index contributed by atoms with van der Waals surface area (Å²) in [5.74, 6) is 0.382. The molecule has 0 spiro atoms. The Kier molecular flexibility index (Phi) is 8.15. The van der Waals surface area contributed by atoms with Crippen molar-refractivity contribution in [2.24, 2.45) is 0 Å². The number of carbonyl (C=O) groups excluding carboxylic acids is 1. The molecule has 1 N–H and O–H groups in total. The van der Waals surface area contributed by atoms with Crippen LogP contribution in [0.2, 0.25) is 0 Å². The SMILES string of the molecule is CC[C@@H](NC(=O)CN(c1ccc(Br)cc1)S(=O)(=O)c1ccccc1)c1ccc(OC)c(C)c1. The average Bonchev–Trinajstić information content (AvgIpc) is 2.82. The lowest BCUT2D eigenvalue weighted by molar-refractivity contribution is -0.120. The first-order valence-corrected chi connectivity index (χ1v) is 12.8. The molecule has 0 heterocycles. The van der Waals surface area contributed by atoms with Crippen molar-refractivity contribution in [3.8, 4) is 5.75 Å². The van der Waals surface area contributed by atoms with Crippen molar-refractivity contribution in [2.75, 3.05) is 18.0 Å². The van der Waals surface area contributed by atoms with Gasteiger partial charge >= 0.3 is 0 Å². The molecule has 0 unspecified atom stereocenters. The van der Waals surface area contributed by atoms with E-state index in [1.54, 1.807) is 49.6 Å². The molecule has 0 aromatic heterocycles. The summed E-state index contributed by atoms with van der Waals surface area (Å²) in [6.07, 6.45) is 0.654. The zero-order valence-electron chi connectivity index (χ0n) is 18.8. The predicted molar refractivity (Wildman–Crippen MR) is 134 cm³/mol. The Balaban J connectivity index is 1.88. The molecule has 0 fully saturated rings. The first-order chi connectivity index (χ1) is 15.8. The molecule has 0 saturated carbocycles. The van der Waals surface area contributed by atoms with E-state index < -0.39 is 15.9 Å². The third-order valence-corrected chi connectivity index (χ3v) is 7.61. The van der Waals surface area contributed by atoms with E-state index in [9.17, 15) is 13.2 Å². The molecule has 6 nitrogen and oxygen atoms in total. The molecule has 174 valence electrons. The van der Waals surface area contributed by atoms with Crippen LogP contribution in [0.4, 0.5) is 5.69 Å². The van der Waals surface area contributed by atoms with Crippen LogP contribution in [-0.2, 0) is 14.8 Å². The van der Waals surface area contributed by atoms with Gasteiger partial charge in [-0.3, -0.25) is 9.10 Å². The van der Waals surface area contributed by atoms with Gasteiger partial charge in [-0.25, -0.2) is 8.42 Å². The van der Waals surface area contributed by atoms with E-state index >= 15 is 0 Å². The Morgan fingerprint density at radius 1 is 1.06 bits per heavy atom. The number of ether oxygens (including phenoxy) is 1. The minimum Gasteiger partial charge on any atom is -0.496 e. The lowest BCUT2D eigenvalue weighted by Gasteiger charge is -2.26. The number of carbonyl (C=O) groups is 1. The smallest absolute Gasteiger partial charge is 0.264 e. The highest BCUT2D eigenvalue weighted by Gasteiger charge is 2.28. The van der Waals surface area contributed by atoms with Crippen LogP contribution < -0.4 is 14.4 Å². The molecule has 33 heavy (non-hydrogen) atoms. The van der Waals surface area contributed by atoms with E-state index in [1.807, 2.05) is 32.0 Å². The Bertz CT molecular complexity index is 1200. The number of hydrogen-bond donors (Lipinski definition) is 1. The van der Waals surface area contributed by atoms with Crippen LogP contribution in [0.25, 0.3) is 0 Å². The number of aryl methyl sites for hydroxylation is 1. The van der Waals surface area contributed by atoms with Crippen LogP contribution in [0.3, 0.4) is 0 Å². The number of amides is 1. The number of rotatable bonds is 9. The molecule has 1 amide bonds. The van der Waals surface area contributed by atoms with E-state index in [1.165, 1.54) is 12.1 Å². The van der Waals surface area contributed by atoms with Crippen molar-refractivity contribution in [3.63, 3.8) is 0 Å². The summed E-state index contributed by atoms with van der Waals surface area (Å²) in [5.41, 5.74) is 2.31. The van der Waals surface area contributed by atoms with Gasteiger partial charge in [-0.15, -0.1) is 0 Å². The number of nitrogens with one attached hydrogen (secondary N) is 1. The third kappa shape index (κ3) is 5.94. The van der Waals surface area contributed by atoms with Crippen LogP contribution in [0.5, 0.6) is 5.75 Å². The van der Waals surface area contributed by atoms with Crippen molar-refractivity contribution in [3.05, 3.63) is 88.4 Å². The summed E-state index contributed by atoms with van der Waals surface area (Å²) in [5, 5.41) is 2.99. The van der Waals surface area contributed by atoms with Gasteiger partial charge in [0.15, 0.2) is 0 Å². The van der Waals surface area contributed by atoms with Crippen molar-refractivity contribution in [1.82, 2.24) is 5.32 Å². The van der Waals surface area contributed by atoms with Gasteiger partial charge in [0.25, 0.3) is 10.0 Å². The maximum absolute atomic E-state index is 13.4. The van der Waals surface area contributed by atoms with Crippen molar-refractivity contribution in [1.29, 1.82) is 0 Å². The van der Waals surface area contributed by atoms with Crippen LogP contribution in [-0.4, -0.2) is 28.0 Å². The zero-order chi connectivity index (χ0) is 24.0. The van der Waals surface area contributed by atoms with Crippen molar-refractivity contribution in [2.45, 2.75) is 31.2 Å². The summed E-state index contributed by atoms with van der Waals surface area (Å²) in [6.45, 7) is 3.57. The normalized spacial score (nSPS) is 12.1. The highest BCUT2D eigenvalue weighted by Crippen LogP contribution is 2.27. The van der Waals surface area contributed by atoms with Gasteiger partial charge in [-0.1, -0.05) is 53.2 Å². The first-order valence-electron chi connectivity index (χ1n) is 10.5. The lowest BCUT2D eigenvalue weighted by atomic mass is 10.0. The molecule has 3 aromatic carbocycles. The largest absolute Gasteiger partial charge is 0.496 e. The second-order valence-corrected chi connectivity index (χ2v) is 10.3. The minimum atomic E-state index is -3.94. The first kappa shape index (κ1) is 24.8. The lowest BCUT2D eigenvalue weighted by Crippen LogP contribution is -2.42. The fourth-order valence-corrected chi connectivity index (χ4v) is 5.26. The highest BCUT2D eigenvalue weighted by atomic mass is 79.9. The van der Waals surface area contributed by atoms with E-state index in [2.05, 4.69) is 21.2 Å². The number of anilines is 1. The Morgan fingerprint density at radius 3 is 2.30 bits per heavy atom. The van der Waals surface area contributed by atoms with E-state index in [0.717, 1.165) is 25.7 Å². The van der Waals surface area contributed by atoms with Crippen LogP contribution in [0.1, 0.15) is 30.5 Å². The summed E-state index contributed by atoms with van der Waals surface area (Å²) in [4.78, 5) is 13.2. The number of sulfonamides is 1. The predicted octanol–water partition coefficient (Wildman–Crippen LogP) is 5.23. The molecule has 3 aromatic rings. The van der Waals surface area contributed by atoms with Gasteiger partial charge in [0.2, 0.25) is 5.91 Å². The fourth-order valence-electron chi connectivity index (χ4n) is 3.55. The molecule has 0 bridgehead atoms. The van der Waals surface area contributed by atoms with E-state index in [4.69, 9.17) is 4.74 Å². The molecule has 8 heteroatoms.